The van der Waals surface area contributed by atoms with Gasteiger partial charge in [-0.15, -0.1) is 0 Å². The Bertz CT molecular complexity index is 285. The van der Waals surface area contributed by atoms with Gasteiger partial charge in [-0.3, -0.25) is 4.79 Å². The summed E-state index contributed by atoms with van der Waals surface area (Å²) < 4.78 is 4.72. The van der Waals surface area contributed by atoms with E-state index < -0.39 is 0 Å². The Morgan fingerprint density at radius 2 is 2.58 bits per heavy atom. The van der Waals surface area contributed by atoms with E-state index in [1.54, 1.807) is 6.07 Å². The molecular weight excluding hydrogens is 156 g/mol. The molecule has 0 unspecified atom stereocenters. The van der Waals surface area contributed by atoms with Gasteiger partial charge in [-0.2, -0.15) is 5.26 Å². The molecule has 0 spiro atoms. The molecule has 1 rings (SSSR count). The maximum Gasteiger partial charge on any atom is 0.254 e. The minimum Gasteiger partial charge on any atom is -0.472 e. The van der Waals surface area contributed by atoms with E-state index in [1.807, 2.05) is 6.07 Å². The van der Waals surface area contributed by atoms with Gasteiger partial charge >= 0.3 is 0 Å². The van der Waals surface area contributed by atoms with Crippen LogP contribution in [0.2, 0.25) is 0 Å². The summed E-state index contributed by atoms with van der Waals surface area (Å²) in [5.41, 5.74) is 0.480. The molecule has 1 aromatic heterocycles. The summed E-state index contributed by atoms with van der Waals surface area (Å²) in [5, 5.41) is 10.8. The smallest absolute Gasteiger partial charge is 0.254 e. The molecule has 4 heteroatoms. The van der Waals surface area contributed by atoms with Crippen LogP contribution in [0.15, 0.2) is 23.0 Å². The van der Waals surface area contributed by atoms with Crippen molar-refractivity contribution in [1.82, 2.24) is 5.32 Å². The summed E-state index contributed by atoms with van der Waals surface area (Å²) in [4.78, 5) is 11.1. The molecule has 1 aromatic rings. The maximum atomic E-state index is 11.1. The lowest BCUT2D eigenvalue weighted by Crippen LogP contribution is -2.23. The molecule has 62 valence electrons. The number of nitrogens with zero attached hydrogens (tertiary/aromatic N) is 1. The molecule has 0 aliphatic heterocycles. The van der Waals surface area contributed by atoms with Gasteiger partial charge in [-0.25, -0.2) is 0 Å². The molecule has 0 atom stereocenters. The lowest BCUT2D eigenvalue weighted by Gasteiger charge is -1.97. The predicted octanol–water partition coefficient (Wildman–Crippen LogP) is 0.923. The van der Waals surface area contributed by atoms with E-state index in [0.717, 1.165) is 0 Å². The molecule has 1 N–H and O–H groups in total. The SMILES string of the molecule is N#CCCNC(=O)c1ccoc1. The van der Waals surface area contributed by atoms with Gasteiger partial charge in [0.2, 0.25) is 0 Å². The number of furan rings is 1. The van der Waals surface area contributed by atoms with E-state index in [-0.39, 0.29) is 5.91 Å². The molecular formula is C8H8N2O2. The number of carbonyl (C=O) groups excluding carboxylic acids is 1. The number of nitrogens with one attached hydrogen (secondary N) is 1. The fourth-order valence-corrected chi connectivity index (χ4v) is 0.728. The summed E-state index contributed by atoms with van der Waals surface area (Å²) in [6, 6.07) is 3.50. The Morgan fingerprint density at radius 3 is 3.17 bits per heavy atom. The van der Waals surface area contributed by atoms with Crippen LogP contribution in [0.4, 0.5) is 0 Å². The van der Waals surface area contributed by atoms with E-state index >= 15 is 0 Å². The van der Waals surface area contributed by atoms with Crippen LogP contribution < -0.4 is 5.32 Å². The van der Waals surface area contributed by atoms with Crippen LogP contribution in [0.3, 0.4) is 0 Å². The first-order valence-corrected chi connectivity index (χ1v) is 3.52. The van der Waals surface area contributed by atoms with Gasteiger partial charge in [-0.05, 0) is 6.07 Å². The van der Waals surface area contributed by atoms with Crippen molar-refractivity contribution in [3.8, 4) is 6.07 Å². The molecule has 1 amide bonds. The largest absolute Gasteiger partial charge is 0.472 e. The standard InChI is InChI=1S/C8H8N2O2/c9-3-1-4-10-8(11)7-2-5-12-6-7/h2,5-6H,1,4H2,(H,10,11). The highest BCUT2D eigenvalue weighted by atomic mass is 16.3. The molecule has 0 bridgehead atoms. The van der Waals surface area contributed by atoms with Crippen molar-refractivity contribution in [3.05, 3.63) is 24.2 Å². The van der Waals surface area contributed by atoms with Gasteiger partial charge in [-0.1, -0.05) is 0 Å². The Kier molecular flexibility index (Phi) is 2.91. The van der Waals surface area contributed by atoms with Crippen LogP contribution in [-0.2, 0) is 0 Å². The fraction of sp³-hybridized carbons (Fsp3) is 0.250. The van der Waals surface area contributed by atoms with Gasteiger partial charge in [0, 0.05) is 6.54 Å². The second-order valence-electron chi connectivity index (χ2n) is 2.18. The molecule has 0 saturated heterocycles. The Labute approximate surface area is 69.8 Å². The quantitative estimate of drug-likeness (QED) is 0.675. The normalized spacial score (nSPS) is 8.92. The zero-order chi connectivity index (χ0) is 8.81. The minimum atomic E-state index is -0.209. The van der Waals surface area contributed by atoms with Gasteiger partial charge < -0.3 is 9.73 Å². The van der Waals surface area contributed by atoms with Crippen molar-refractivity contribution in [2.75, 3.05) is 6.54 Å². The van der Waals surface area contributed by atoms with E-state index in [0.29, 0.717) is 18.5 Å². The summed E-state index contributed by atoms with van der Waals surface area (Å²) in [7, 11) is 0. The average Bonchev–Trinajstić information content (AvgIpc) is 2.56. The summed E-state index contributed by atoms with van der Waals surface area (Å²) in [5.74, 6) is -0.209. The highest BCUT2D eigenvalue weighted by Crippen LogP contribution is 1.98. The number of amides is 1. The van der Waals surface area contributed by atoms with Gasteiger partial charge in [0.05, 0.1) is 24.3 Å². The number of hydrogen-bond donors (Lipinski definition) is 1. The van der Waals surface area contributed by atoms with Crippen LogP contribution >= 0.6 is 0 Å². The number of hydrogen-bond acceptors (Lipinski definition) is 3. The van der Waals surface area contributed by atoms with Crippen molar-refractivity contribution >= 4 is 5.91 Å². The second kappa shape index (κ2) is 4.19. The summed E-state index contributed by atoms with van der Waals surface area (Å²) in [6.45, 7) is 0.376. The van der Waals surface area contributed by atoms with Crippen LogP contribution in [0.1, 0.15) is 16.8 Å². The van der Waals surface area contributed by atoms with Crippen molar-refractivity contribution in [2.24, 2.45) is 0 Å². The number of rotatable bonds is 3. The Balaban J connectivity index is 2.36. The minimum absolute atomic E-state index is 0.209. The third-order valence-electron chi connectivity index (χ3n) is 1.31. The highest BCUT2D eigenvalue weighted by molar-refractivity contribution is 5.93. The monoisotopic (exact) mass is 164 g/mol. The molecule has 0 saturated carbocycles. The third kappa shape index (κ3) is 2.13. The third-order valence-corrected chi connectivity index (χ3v) is 1.31. The Morgan fingerprint density at radius 1 is 1.75 bits per heavy atom. The Hall–Kier alpha value is -1.76. The van der Waals surface area contributed by atoms with E-state index in [1.165, 1.54) is 12.5 Å². The summed E-state index contributed by atoms with van der Waals surface area (Å²) >= 11 is 0. The average molecular weight is 164 g/mol. The first-order chi connectivity index (χ1) is 5.84. The van der Waals surface area contributed by atoms with E-state index in [4.69, 9.17) is 9.68 Å². The zero-order valence-electron chi connectivity index (χ0n) is 6.41. The molecule has 0 aliphatic rings. The van der Waals surface area contributed by atoms with Crippen LogP contribution in [0.25, 0.3) is 0 Å². The van der Waals surface area contributed by atoms with Crippen molar-refractivity contribution in [2.45, 2.75) is 6.42 Å². The summed E-state index contributed by atoms with van der Waals surface area (Å²) in [6.07, 6.45) is 3.12. The van der Waals surface area contributed by atoms with Crippen LogP contribution in [0.5, 0.6) is 0 Å². The first-order valence-electron chi connectivity index (χ1n) is 3.52. The van der Waals surface area contributed by atoms with Crippen LogP contribution in [-0.4, -0.2) is 12.5 Å². The topological polar surface area (TPSA) is 66.0 Å². The van der Waals surface area contributed by atoms with Crippen molar-refractivity contribution in [3.63, 3.8) is 0 Å². The van der Waals surface area contributed by atoms with Gasteiger partial charge in [0.25, 0.3) is 5.91 Å². The van der Waals surface area contributed by atoms with Crippen molar-refractivity contribution < 1.29 is 9.21 Å². The molecule has 12 heavy (non-hydrogen) atoms. The van der Waals surface area contributed by atoms with E-state index in [9.17, 15) is 4.79 Å². The zero-order valence-corrected chi connectivity index (χ0v) is 6.41. The van der Waals surface area contributed by atoms with Crippen LogP contribution in [0, 0.1) is 11.3 Å². The molecule has 0 aliphatic carbocycles. The lowest BCUT2D eigenvalue weighted by atomic mass is 10.3. The van der Waals surface area contributed by atoms with Gasteiger partial charge in [0.15, 0.2) is 0 Å². The molecule has 4 nitrogen and oxygen atoms in total. The molecule has 0 fully saturated rings. The first kappa shape index (κ1) is 8.34. The van der Waals surface area contributed by atoms with Crippen molar-refractivity contribution in [1.29, 1.82) is 5.26 Å². The maximum absolute atomic E-state index is 11.1. The highest BCUT2D eigenvalue weighted by Gasteiger charge is 2.04. The fourth-order valence-electron chi connectivity index (χ4n) is 0.728. The number of nitriles is 1. The van der Waals surface area contributed by atoms with E-state index in [2.05, 4.69) is 5.32 Å². The molecule has 1 heterocycles. The molecule has 0 radical (unpaired) electrons. The molecule has 0 aromatic carbocycles. The lowest BCUT2D eigenvalue weighted by molar-refractivity contribution is 0.0954. The second-order valence-corrected chi connectivity index (χ2v) is 2.18. The van der Waals surface area contributed by atoms with Gasteiger partial charge in [0.1, 0.15) is 6.26 Å². The number of carbonyl (C=O) groups is 1. The predicted molar refractivity (Wildman–Crippen MR) is 41.3 cm³/mol.